The van der Waals surface area contributed by atoms with Crippen molar-refractivity contribution in [2.24, 2.45) is 5.73 Å². The number of carbonyl (C=O) groups is 1. The van der Waals surface area contributed by atoms with Crippen LogP contribution in [0.3, 0.4) is 0 Å². The lowest BCUT2D eigenvalue weighted by Crippen LogP contribution is -2.48. The fourth-order valence-corrected chi connectivity index (χ4v) is 3.88. The van der Waals surface area contributed by atoms with E-state index in [0.29, 0.717) is 12.1 Å². The summed E-state index contributed by atoms with van der Waals surface area (Å²) in [5.41, 5.74) is 6.46. The molecule has 0 radical (unpaired) electrons. The van der Waals surface area contributed by atoms with Gasteiger partial charge in [0.1, 0.15) is 0 Å². The van der Waals surface area contributed by atoms with Gasteiger partial charge in [-0.3, -0.25) is 9.69 Å². The lowest BCUT2D eigenvalue weighted by molar-refractivity contribution is -0.124. The van der Waals surface area contributed by atoms with E-state index in [9.17, 15) is 4.79 Å². The summed E-state index contributed by atoms with van der Waals surface area (Å²) >= 11 is 0. The molecule has 0 bridgehead atoms. The van der Waals surface area contributed by atoms with E-state index < -0.39 is 5.41 Å². The molecule has 0 saturated carbocycles. The molecule has 1 aromatic carbocycles. The Hall–Kier alpha value is -1.39. The Kier molecular flexibility index (Phi) is 9.31. The van der Waals surface area contributed by atoms with E-state index in [1.54, 1.807) is 0 Å². The molecule has 2 N–H and O–H groups in total. The molecule has 1 amide bonds. The predicted molar refractivity (Wildman–Crippen MR) is 111 cm³/mol. The lowest BCUT2D eigenvalue weighted by Gasteiger charge is -2.37. The van der Waals surface area contributed by atoms with E-state index in [1.165, 1.54) is 0 Å². The van der Waals surface area contributed by atoms with Crippen LogP contribution in [0.5, 0.6) is 0 Å². The maximum absolute atomic E-state index is 12.7. The molecule has 0 aromatic heterocycles. The number of nitrogens with zero attached hydrogens (tertiary/aromatic N) is 2. The molecule has 1 aromatic rings. The van der Waals surface area contributed by atoms with Crippen molar-refractivity contribution < 1.29 is 4.79 Å². The maximum atomic E-state index is 12.7. The summed E-state index contributed by atoms with van der Waals surface area (Å²) in [7, 11) is 0. The number of hydrogen-bond donors (Lipinski definition) is 1. The Bertz CT molecular complexity index is 517. The molecule has 148 valence electrons. The van der Waals surface area contributed by atoms with Crippen molar-refractivity contribution in [3.8, 4) is 0 Å². The second kappa shape index (κ2) is 10.7. The highest BCUT2D eigenvalue weighted by Crippen LogP contribution is 2.33. The van der Waals surface area contributed by atoms with Gasteiger partial charge >= 0.3 is 0 Å². The normalized spacial score (nSPS) is 14.4. The quantitative estimate of drug-likeness (QED) is 0.618. The molecule has 0 aliphatic rings. The number of rotatable bonds is 12. The highest BCUT2D eigenvalue weighted by atomic mass is 16.1. The number of amides is 1. The first kappa shape index (κ1) is 22.7. The van der Waals surface area contributed by atoms with Gasteiger partial charge in [0, 0.05) is 18.6 Å². The van der Waals surface area contributed by atoms with Crippen molar-refractivity contribution in [2.75, 3.05) is 26.2 Å². The Morgan fingerprint density at radius 1 is 0.962 bits per heavy atom. The molecule has 0 aliphatic carbocycles. The molecule has 4 heteroatoms. The van der Waals surface area contributed by atoms with Gasteiger partial charge in [-0.2, -0.15) is 0 Å². The average Bonchev–Trinajstić information content (AvgIpc) is 2.60. The zero-order valence-electron chi connectivity index (χ0n) is 17.7. The molecule has 4 nitrogen and oxygen atoms in total. The number of carbonyl (C=O) groups excluding carboxylic acids is 1. The zero-order chi connectivity index (χ0) is 19.7. The summed E-state index contributed by atoms with van der Waals surface area (Å²) in [6.45, 7) is 16.9. The van der Waals surface area contributed by atoms with Gasteiger partial charge in [0.05, 0.1) is 5.41 Å². The molecule has 0 saturated heterocycles. The summed E-state index contributed by atoms with van der Waals surface area (Å²) in [5.74, 6) is -0.205. The van der Waals surface area contributed by atoms with E-state index in [-0.39, 0.29) is 5.91 Å². The van der Waals surface area contributed by atoms with Gasteiger partial charge < -0.3 is 10.6 Å². The van der Waals surface area contributed by atoms with Crippen LogP contribution in [-0.2, 0) is 10.2 Å². The Morgan fingerprint density at radius 2 is 1.46 bits per heavy atom. The summed E-state index contributed by atoms with van der Waals surface area (Å²) in [6, 6.07) is 11.0. The summed E-state index contributed by atoms with van der Waals surface area (Å²) in [5, 5.41) is 0. The van der Waals surface area contributed by atoms with Gasteiger partial charge in [0.25, 0.3) is 0 Å². The van der Waals surface area contributed by atoms with E-state index in [1.807, 2.05) is 18.2 Å². The largest absolute Gasteiger partial charge is 0.369 e. The number of benzene rings is 1. The standard InChI is InChI=1S/C22H39N3O/c1-7-24(8-2)16-14-22(21(23)26,20-12-10-9-11-13-20)15-17-25(18(3)4)19(5)6/h9-13,18-19H,7-8,14-17H2,1-6H3,(H2,23,26). The van der Waals surface area contributed by atoms with Crippen molar-refractivity contribution in [3.63, 3.8) is 0 Å². The van der Waals surface area contributed by atoms with E-state index in [0.717, 1.165) is 44.6 Å². The molecule has 1 atom stereocenters. The molecule has 1 rings (SSSR count). The fourth-order valence-electron chi connectivity index (χ4n) is 3.88. The van der Waals surface area contributed by atoms with Gasteiger partial charge in [0.15, 0.2) is 0 Å². The van der Waals surface area contributed by atoms with Crippen LogP contribution in [0, 0.1) is 0 Å². The monoisotopic (exact) mass is 361 g/mol. The van der Waals surface area contributed by atoms with Crippen molar-refractivity contribution in [3.05, 3.63) is 35.9 Å². The minimum absolute atomic E-state index is 0.205. The molecule has 1 unspecified atom stereocenters. The third kappa shape index (κ3) is 5.82. The Balaban J connectivity index is 3.15. The van der Waals surface area contributed by atoms with E-state index in [2.05, 4.69) is 63.5 Å². The van der Waals surface area contributed by atoms with Gasteiger partial charge in [-0.1, -0.05) is 44.2 Å². The van der Waals surface area contributed by atoms with Gasteiger partial charge in [0.2, 0.25) is 5.91 Å². The second-order valence-corrected chi connectivity index (χ2v) is 7.76. The van der Waals surface area contributed by atoms with Crippen LogP contribution in [0.2, 0.25) is 0 Å². The maximum Gasteiger partial charge on any atom is 0.228 e. The van der Waals surface area contributed by atoms with Crippen molar-refractivity contribution in [1.82, 2.24) is 9.80 Å². The van der Waals surface area contributed by atoms with Crippen LogP contribution in [-0.4, -0.2) is 54.0 Å². The molecule has 0 aliphatic heterocycles. The smallest absolute Gasteiger partial charge is 0.228 e. The van der Waals surface area contributed by atoms with Crippen molar-refractivity contribution >= 4 is 5.91 Å². The number of primary amides is 1. The summed E-state index contributed by atoms with van der Waals surface area (Å²) in [6.07, 6.45) is 1.52. The zero-order valence-corrected chi connectivity index (χ0v) is 17.7. The first-order valence-corrected chi connectivity index (χ1v) is 10.1. The highest BCUT2D eigenvalue weighted by molar-refractivity contribution is 5.86. The van der Waals surface area contributed by atoms with E-state index >= 15 is 0 Å². The molecule has 0 fully saturated rings. The van der Waals surface area contributed by atoms with Crippen LogP contribution >= 0.6 is 0 Å². The SMILES string of the molecule is CCN(CC)CCC(CCN(C(C)C)C(C)C)(C(N)=O)c1ccccc1. The van der Waals surface area contributed by atoms with Crippen molar-refractivity contribution in [2.45, 2.75) is 71.9 Å². The van der Waals surface area contributed by atoms with Crippen LogP contribution < -0.4 is 5.73 Å². The minimum atomic E-state index is -0.619. The number of hydrogen-bond acceptors (Lipinski definition) is 3. The van der Waals surface area contributed by atoms with Gasteiger partial charge in [-0.15, -0.1) is 0 Å². The van der Waals surface area contributed by atoms with Crippen LogP contribution in [0.4, 0.5) is 0 Å². The molecule has 26 heavy (non-hydrogen) atoms. The fraction of sp³-hybridized carbons (Fsp3) is 0.682. The van der Waals surface area contributed by atoms with Gasteiger partial charge in [-0.25, -0.2) is 0 Å². The Labute approximate surface area is 160 Å². The molecule has 0 heterocycles. The third-order valence-corrected chi connectivity index (χ3v) is 5.67. The second-order valence-electron chi connectivity index (χ2n) is 7.76. The topological polar surface area (TPSA) is 49.6 Å². The molecular formula is C22H39N3O. The van der Waals surface area contributed by atoms with Crippen LogP contribution in [0.1, 0.15) is 59.9 Å². The van der Waals surface area contributed by atoms with Gasteiger partial charge in [-0.05, 0) is 65.7 Å². The number of nitrogens with two attached hydrogens (primary N) is 1. The predicted octanol–water partition coefficient (Wildman–Crippen LogP) is 3.65. The Morgan fingerprint density at radius 3 is 1.88 bits per heavy atom. The van der Waals surface area contributed by atoms with Crippen LogP contribution in [0.25, 0.3) is 0 Å². The minimum Gasteiger partial charge on any atom is -0.369 e. The third-order valence-electron chi connectivity index (χ3n) is 5.67. The summed E-state index contributed by atoms with van der Waals surface area (Å²) in [4.78, 5) is 17.6. The highest BCUT2D eigenvalue weighted by Gasteiger charge is 2.39. The van der Waals surface area contributed by atoms with E-state index in [4.69, 9.17) is 5.73 Å². The molecule has 0 spiro atoms. The first-order valence-electron chi connectivity index (χ1n) is 10.1. The average molecular weight is 362 g/mol. The van der Waals surface area contributed by atoms with Crippen molar-refractivity contribution in [1.29, 1.82) is 0 Å². The summed E-state index contributed by atoms with van der Waals surface area (Å²) < 4.78 is 0. The molecular weight excluding hydrogens is 322 g/mol. The van der Waals surface area contributed by atoms with Crippen LogP contribution in [0.15, 0.2) is 30.3 Å². The lowest BCUT2D eigenvalue weighted by atomic mass is 9.73. The first-order chi connectivity index (χ1) is 12.3.